The average Bonchev–Trinajstić information content (AvgIpc) is 2.41. The summed E-state index contributed by atoms with van der Waals surface area (Å²) >= 11 is 0. The molecule has 0 aliphatic heterocycles. The number of methoxy groups -OCH3 is 1. The molecule has 0 heterocycles. The Kier molecular flexibility index (Phi) is 6.03. The van der Waals surface area contributed by atoms with Gasteiger partial charge in [-0.15, -0.1) is 0 Å². The minimum Gasteiger partial charge on any atom is -0.383 e. The van der Waals surface area contributed by atoms with E-state index >= 15 is 0 Å². The first-order chi connectivity index (χ1) is 9.79. The third kappa shape index (κ3) is 4.94. The van der Waals surface area contributed by atoms with E-state index in [-0.39, 0.29) is 5.56 Å². The van der Waals surface area contributed by atoms with Crippen LogP contribution in [-0.2, 0) is 10.9 Å². The molecule has 0 saturated heterocycles. The topological polar surface area (TPSA) is 36.3 Å². The first-order valence-electron chi connectivity index (χ1n) is 6.64. The molecule has 0 aromatic heterocycles. The van der Waals surface area contributed by atoms with E-state index in [1.54, 1.807) is 19.2 Å². The number of rotatable bonds is 6. The van der Waals surface area contributed by atoms with Gasteiger partial charge in [0, 0.05) is 25.9 Å². The van der Waals surface area contributed by atoms with E-state index in [0.717, 1.165) is 6.07 Å². The number of anilines is 1. The number of ether oxygens (including phenoxy) is 1. The molecule has 0 N–H and O–H groups in total. The highest BCUT2D eigenvalue weighted by Gasteiger charge is 2.34. The van der Waals surface area contributed by atoms with Crippen molar-refractivity contribution in [2.75, 3.05) is 31.7 Å². The lowest BCUT2D eigenvalue weighted by molar-refractivity contribution is -0.137. The van der Waals surface area contributed by atoms with Crippen LogP contribution in [0.1, 0.15) is 25.0 Å². The van der Waals surface area contributed by atoms with Crippen LogP contribution in [0.3, 0.4) is 0 Å². The summed E-state index contributed by atoms with van der Waals surface area (Å²) in [7, 11) is 1.55. The Labute approximate surface area is 122 Å². The van der Waals surface area contributed by atoms with Crippen LogP contribution < -0.4 is 4.90 Å². The molecular formula is C15H19F3N2O. The van der Waals surface area contributed by atoms with E-state index in [9.17, 15) is 13.2 Å². The molecule has 0 bridgehead atoms. The number of halogens is 3. The fraction of sp³-hybridized carbons (Fsp3) is 0.533. The summed E-state index contributed by atoms with van der Waals surface area (Å²) in [6, 6.07) is 5.40. The number of nitriles is 1. The quantitative estimate of drug-likeness (QED) is 0.804. The largest absolute Gasteiger partial charge is 0.417 e. The van der Waals surface area contributed by atoms with E-state index in [4.69, 9.17) is 10.00 Å². The van der Waals surface area contributed by atoms with Crippen molar-refractivity contribution in [3.63, 3.8) is 0 Å². The van der Waals surface area contributed by atoms with Gasteiger partial charge in [0.1, 0.15) is 0 Å². The maximum atomic E-state index is 13.0. The van der Waals surface area contributed by atoms with Crippen molar-refractivity contribution in [3.8, 4) is 6.07 Å². The van der Waals surface area contributed by atoms with Crippen LogP contribution in [0.2, 0.25) is 0 Å². The molecule has 0 aliphatic rings. The molecule has 0 radical (unpaired) electrons. The highest BCUT2D eigenvalue weighted by atomic mass is 19.4. The van der Waals surface area contributed by atoms with Crippen LogP contribution in [-0.4, -0.2) is 26.8 Å². The number of alkyl halides is 3. The Morgan fingerprint density at radius 2 is 2.00 bits per heavy atom. The van der Waals surface area contributed by atoms with Gasteiger partial charge in [0.15, 0.2) is 0 Å². The summed E-state index contributed by atoms with van der Waals surface area (Å²) in [5.41, 5.74) is -0.803. The monoisotopic (exact) mass is 300 g/mol. The SMILES string of the molecule is COCCN(CC(C)C)c1ccc(C#N)c(C(F)(F)F)c1. The van der Waals surface area contributed by atoms with Crippen molar-refractivity contribution < 1.29 is 17.9 Å². The molecule has 0 atom stereocenters. The molecule has 0 amide bonds. The second kappa shape index (κ2) is 7.32. The van der Waals surface area contributed by atoms with Crippen molar-refractivity contribution in [2.45, 2.75) is 20.0 Å². The van der Waals surface area contributed by atoms with E-state index in [0.29, 0.717) is 31.3 Å². The second-order valence-electron chi connectivity index (χ2n) is 5.17. The minimum absolute atomic E-state index is 0.298. The highest BCUT2D eigenvalue weighted by molar-refractivity contribution is 5.54. The second-order valence-corrected chi connectivity index (χ2v) is 5.17. The van der Waals surface area contributed by atoms with Gasteiger partial charge in [-0.2, -0.15) is 18.4 Å². The molecule has 3 nitrogen and oxygen atoms in total. The molecule has 0 unspecified atom stereocenters. The standard InChI is InChI=1S/C15H19F3N2O/c1-11(2)10-20(6-7-21-3)13-5-4-12(9-19)14(8-13)15(16,17)18/h4-5,8,11H,6-7,10H2,1-3H3. The van der Waals surface area contributed by atoms with Gasteiger partial charge in [-0.25, -0.2) is 0 Å². The molecule has 6 heteroatoms. The van der Waals surface area contributed by atoms with Crippen molar-refractivity contribution in [1.29, 1.82) is 5.26 Å². The fourth-order valence-electron chi connectivity index (χ4n) is 2.03. The normalized spacial score (nSPS) is 11.5. The van der Waals surface area contributed by atoms with Gasteiger partial charge in [0.05, 0.1) is 23.8 Å². The lowest BCUT2D eigenvalue weighted by Crippen LogP contribution is -2.31. The molecule has 0 fully saturated rings. The van der Waals surface area contributed by atoms with Crippen LogP contribution in [0.4, 0.5) is 18.9 Å². The van der Waals surface area contributed by atoms with Crippen LogP contribution in [0.15, 0.2) is 18.2 Å². The summed E-state index contributed by atoms with van der Waals surface area (Å²) in [4.78, 5) is 1.84. The molecule has 0 aliphatic carbocycles. The van der Waals surface area contributed by atoms with E-state index in [1.807, 2.05) is 18.7 Å². The first-order valence-corrected chi connectivity index (χ1v) is 6.64. The van der Waals surface area contributed by atoms with Gasteiger partial charge in [-0.05, 0) is 24.1 Å². The van der Waals surface area contributed by atoms with Gasteiger partial charge >= 0.3 is 6.18 Å². The summed E-state index contributed by atoms with van der Waals surface area (Å²) in [6.45, 7) is 5.53. The minimum atomic E-state index is -4.54. The maximum Gasteiger partial charge on any atom is 0.417 e. The Morgan fingerprint density at radius 1 is 1.33 bits per heavy atom. The predicted molar refractivity (Wildman–Crippen MR) is 75.1 cm³/mol. The zero-order chi connectivity index (χ0) is 16.0. The first kappa shape index (κ1) is 17.3. The van der Waals surface area contributed by atoms with Crippen molar-refractivity contribution in [2.24, 2.45) is 5.92 Å². The number of benzene rings is 1. The lowest BCUT2D eigenvalue weighted by Gasteiger charge is -2.27. The summed E-state index contributed by atoms with van der Waals surface area (Å²) < 4.78 is 44.0. The van der Waals surface area contributed by atoms with Gasteiger partial charge in [-0.3, -0.25) is 0 Å². The molecule has 0 saturated carbocycles. The van der Waals surface area contributed by atoms with E-state index in [2.05, 4.69) is 0 Å². The molecule has 1 aromatic rings. The van der Waals surface area contributed by atoms with Gasteiger partial charge in [0.2, 0.25) is 0 Å². The summed E-state index contributed by atoms with van der Waals surface area (Å²) in [5, 5.41) is 8.81. The molecular weight excluding hydrogens is 281 g/mol. The number of hydrogen-bond donors (Lipinski definition) is 0. The molecule has 0 spiro atoms. The Morgan fingerprint density at radius 3 is 2.48 bits per heavy atom. The molecule has 1 aromatic carbocycles. The van der Waals surface area contributed by atoms with Crippen molar-refractivity contribution in [1.82, 2.24) is 0 Å². The van der Waals surface area contributed by atoms with Crippen LogP contribution in [0.5, 0.6) is 0 Å². The maximum absolute atomic E-state index is 13.0. The fourth-order valence-corrected chi connectivity index (χ4v) is 2.03. The van der Waals surface area contributed by atoms with E-state index in [1.165, 1.54) is 6.07 Å². The van der Waals surface area contributed by atoms with Crippen LogP contribution in [0, 0.1) is 17.2 Å². The van der Waals surface area contributed by atoms with Crippen LogP contribution >= 0.6 is 0 Å². The smallest absolute Gasteiger partial charge is 0.383 e. The van der Waals surface area contributed by atoms with E-state index < -0.39 is 11.7 Å². The van der Waals surface area contributed by atoms with Gasteiger partial charge in [-0.1, -0.05) is 13.8 Å². The Balaban J connectivity index is 3.17. The summed E-state index contributed by atoms with van der Waals surface area (Å²) in [6.07, 6.45) is -4.54. The number of nitrogens with zero attached hydrogens (tertiary/aromatic N) is 2. The van der Waals surface area contributed by atoms with Gasteiger partial charge in [0.25, 0.3) is 0 Å². The highest BCUT2D eigenvalue weighted by Crippen LogP contribution is 2.34. The molecule has 116 valence electrons. The number of hydrogen-bond acceptors (Lipinski definition) is 3. The van der Waals surface area contributed by atoms with Crippen LogP contribution in [0.25, 0.3) is 0 Å². The van der Waals surface area contributed by atoms with Crippen molar-refractivity contribution >= 4 is 5.69 Å². The molecule has 21 heavy (non-hydrogen) atoms. The zero-order valence-corrected chi connectivity index (χ0v) is 12.4. The third-order valence-corrected chi connectivity index (χ3v) is 2.95. The Bertz CT molecular complexity index is 507. The molecule has 1 rings (SSSR count). The third-order valence-electron chi connectivity index (χ3n) is 2.95. The van der Waals surface area contributed by atoms with Gasteiger partial charge < -0.3 is 9.64 Å². The Hall–Kier alpha value is -1.74. The lowest BCUT2D eigenvalue weighted by atomic mass is 10.1. The zero-order valence-electron chi connectivity index (χ0n) is 12.4. The predicted octanol–water partition coefficient (Wildman–Crippen LogP) is 3.69. The van der Waals surface area contributed by atoms with Crippen molar-refractivity contribution in [3.05, 3.63) is 29.3 Å². The average molecular weight is 300 g/mol. The summed E-state index contributed by atoms with van der Waals surface area (Å²) in [5.74, 6) is 0.298.